The highest BCUT2D eigenvalue weighted by Gasteiger charge is 2.09. The fraction of sp³-hybridized carbons (Fsp3) is 0.261. The lowest BCUT2D eigenvalue weighted by Crippen LogP contribution is -2.29. The Balaban J connectivity index is 1.71. The Morgan fingerprint density at radius 2 is 1.67 bits per heavy atom. The number of hydrogen-bond donors (Lipinski definition) is 1. The third kappa shape index (κ3) is 5.05. The number of aromatic nitrogens is 2. The Bertz CT molecular complexity index is 1040. The summed E-state index contributed by atoms with van der Waals surface area (Å²) in [6.45, 7) is 5.87. The second-order valence-corrected chi connectivity index (χ2v) is 6.71. The maximum absolute atomic E-state index is 12.5. The molecule has 0 unspecified atom stereocenters. The molecule has 0 fully saturated rings. The van der Waals surface area contributed by atoms with Gasteiger partial charge in [-0.15, -0.1) is 0 Å². The van der Waals surface area contributed by atoms with Crippen molar-refractivity contribution in [2.75, 3.05) is 30.4 Å². The molecule has 0 bridgehead atoms. The quantitative estimate of drug-likeness (QED) is 0.620. The van der Waals surface area contributed by atoms with Gasteiger partial charge in [0.1, 0.15) is 12.3 Å². The molecule has 30 heavy (non-hydrogen) atoms. The van der Waals surface area contributed by atoms with E-state index < -0.39 is 0 Å². The van der Waals surface area contributed by atoms with E-state index in [1.807, 2.05) is 48.5 Å². The molecule has 156 valence electrons. The minimum atomic E-state index is -0.334. The van der Waals surface area contributed by atoms with Crippen molar-refractivity contribution < 1.29 is 9.53 Å². The van der Waals surface area contributed by atoms with E-state index in [4.69, 9.17) is 4.74 Å². The van der Waals surface area contributed by atoms with Gasteiger partial charge in [-0.1, -0.05) is 0 Å². The summed E-state index contributed by atoms with van der Waals surface area (Å²) in [5.41, 5.74) is 2.88. The van der Waals surface area contributed by atoms with Gasteiger partial charge in [-0.05, 0) is 68.4 Å². The van der Waals surface area contributed by atoms with Crippen LogP contribution >= 0.6 is 0 Å². The molecule has 0 radical (unpaired) electrons. The first-order valence-corrected chi connectivity index (χ1v) is 9.91. The van der Waals surface area contributed by atoms with E-state index in [0.29, 0.717) is 11.4 Å². The van der Waals surface area contributed by atoms with Crippen molar-refractivity contribution in [2.24, 2.45) is 0 Å². The smallest absolute Gasteiger partial charge is 0.267 e. The number of ether oxygens (including phenoxy) is 1. The summed E-state index contributed by atoms with van der Waals surface area (Å²) in [6, 6.07) is 18.1. The Hall–Kier alpha value is -3.61. The van der Waals surface area contributed by atoms with Crippen LogP contribution in [-0.2, 0) is 11.3 Å². The molecule has 3 rings (SSSR count). The van der Waals surface area contributed by atoms with Gasteiger partial charge in [-0.3, -0.25) is 9.59 Å². The standard InChI is InChI=1S/C23H26N4O3/c1-4-26(5-2)19-10-8-18(9-11-19)24-22(28)16-27-23(29)15-14-21(25-27)17-6-12-20(30-3)13-7-17/h6-15H,4-5,16H2,1-3H3,(H,24,28). The van der Waals surface area contributed by atoms with Gasteiger partial charge in [0, 0.05) is 36.1 Å². The number of amides is 1. The third-order valence-corrected chi connectivity index (χ3v) is 4.83. The Kier molecular flexibility index (Phi) is 6.85. The first-order chi connectivity index (χ1) is 14.5. The SMILES string of the molecule is CCN(CC)c1ccc(NC(=O)Cn2nc(-c3ccc(OC)cc3)ccc2=O)cc1. The third-order valence-electron chi connectivity index (χ3n) is 4.83. The maximum Gasteiger partial charge on any atom is 0.267 e. The lowest BCUT2D eigenvalue weighted by Gasteiger charge is -2.21. The molecule has 0 spiro atoms. The van der Waals surface area contributed by atoms with E-state index >= 15 is 0 Å². The van der Waals surface area contributed by atoms with Crippen LogP contribution in [0.1, 0.15) is 13.8 Å². The fourth-order valence-electron chi connectivity index (χ4n) is 3.16. The predicted octanol–water partition coefficient (Wildman–Crippen LogP) is 3.40. The molecular formula is C23H26N4O3. The first-order valence-electron chi connectivity index (χ1n) is 9.91. The summed E-state index contributed by atoms with van der Waals surface area (Å²) < 4.78 is 6.32. The zero-order chi connectivity index (χ0) is 21.5. The van der Waals surface area contributed by atoms with Crippen LogP contribution in [0.3, 0.4) is 0 Å². The summed E-state index contributed by atoms with van der Waals surface area (Å²) in [4.78, 5) is 26.9. The van der Waals surface area contributed by atoms with Crippen molar-refractivity contribution in [2.45, 2.75) is 20.4 Å². The van der Waals surface area contributed by atoms with Gasteiger partial charge in [0.15, 0.2) is 0 Å². The average Bonchev–Trinajstić information content (AvgIpc) is 2.77. The van der Waals surface area contributed by atoms with Gasteiger partial charge >= 0.3 is 0 Å². The molecule has 0 saturated carbocycles. The number of nitrogens with zero attached hydrogens (tertiary/aromatic N) is 3. The molecule has 0 aliphatic heterocycles. The molecule has 0 atom stereocenters. The number of nitrogens with one attached hydrogen (secondary N) is 1. The molecule has 1 heterocycles. The lowest BCUT2D eigenvalue weighted by atomic mass is 10.1. The topological polar surface area (TPSA) is 76.5 Å². The van der Waals surface area contributed by atoms with Crippen LogP contribution in [0.4, 0.5) is 11.4 Å². The number of carbonyl (C=O) groups excluding carboxylic acids is 1. The number of carbonyl (C=O) groups is 1. The molecule has 1 N–H and O–H groups in total. The summed E-state index contributed by atoms with van der Waals surface area (Å²) >= 11 is 0. The molecule has 0 aliphatic rings. The highest BCUT2D eigenvalue weighted by molar-refractivity contribution is 5.90. The van der Waals surface area contributed by atoms with Gasteiger partial charge in [0.05, 0.1) is 12.8 Å². The van der Waals surface area contributed by atoms with Gasteiger partial charge in [-0.25, -0.2) is 4.68 Å². The van der Waals surface area contributed by atoms with Crippen molar-refractivity contribution in [1.29, 1.82) is 0 Å². The monoisotopic (exact) mass is 406 g/mol. The van der Waals surface area contributed by atoms with Gasteiger partial charge < -0.3 is 15.0 Å². The molecule has 1 amide bonds. The van der Waals surface area contributed by atoms with Gasteiger partial charge in [0.25, 0.3) is 5.56 Å². The van der Waals surface area contributed by atoms with Crippen LogP contribution in [-0.4, -0.2) is 35.9 Å². The van der Waals surface area contributed by atoms with Crippen LogP contribution in [0.15, 0.2) is 65.5 Å². The Morgan fingerprint density at radius 1 is 1.00 bits per heavy atom. The van der Waals surface area contributed by atoms with Crippen molar-refractivity contribution >= 4 is 17.3 Å². The number of hydrogen-bond acceptors (Lipinski definition) is 5. The Labute approximate surface area is 175 Å². The number of anilines is 2. The maximum atomic E-state index is 12.5. The van der Waals surface area contributed by atoms with Crippen LogP contribution in [0, 0.1) is 0 Å². The van der Waals surface area contributed by atoms with Crippen LogP contribution in [0.2, 0.25) is 0 Å². The second-order valence-electron chi connectivity index (χ2n) is 6.71. The summed E-state index contributed by atoms with van der Waals surface area (Å²) in [5.74, 6) is 0.422. The second kappa shape index (κ2) is 9.73. The molecule has 3 aromatic rings. The minimum absolute atomic E-state index is 0.166. The molecular weight excluding hydrogens is 380 g/mol. The van der Waals surface area contributed by atoms with E-state index in [0.717, 1.165) is 30.1 Å². The average molecular weight is 406 g/mol. The molecule has 2 aromatic carbocycles. The Morgan fingerprint density at radius 3 is 2.27 bits per heavy atom. The van der Waals surface area contributed by atoms with Crippen LogP contribution in [0.25, 0.3) is 11.3 Å². The predicted molar refractivity (Wildman–Crippen MR) is 119 cm³/mol. The summed E-state index contributed by atoms with van der Waals surface area (Å²) in [7, 11) is 1.60. The molecule has 0 aliphatic carbocycles. The van der Waals surface area contributed by atoms with Crippen LogP contribution < -0.4 is 20.5 Å². The van der Waals surface area contributed by atoms with Crippen molar-refractivity contribution in [3.63, 3.8) is 0 Å². The van der Waals surface area contributed by atoms with Crippen molar-refractivity contribution in [3.05, 3.63) is 71.0 Å². The van der Waals surface area contributed by atoms with Crippen LogP contribution in [0.5, 0.6) is 5.75 Å². The van der Waals surface area contributed by atoms with E-state index in [1.165, 1.54) is 10.7 Å². The normalized spacial score (nSPS) is 10.5. The first kappa shape index (κ1) is 21.1. The minimum Gasteiger partial charge on any atom is -0.497 e. The molecule has 7 heteroatoms. The summed E-state index contributed by atoms with van der Waals surface area (Å²) in [5, 5.41) is 7.16. The van der Waals surface area contributed by atoms with E-state index in [-0.39, 0.29) is 18.0 Å². The van der Waals surface area contributed by atoms with Gasteiger partial charge in [0.2, 0.25) is 5.91 Å². The van der Waals surface area contributed by atoms with Gasteiger partial charge in [-0.2, -0.15) is 5.10 Å². The largest absolute Gasteiger partial charge is 0.497 e. The number of benzene rings is 2. The highest BCUT2D eigenvalue weighted by Crippen LogP contribution is 2.20. The zero-order valence-electron chi connectivity index (χ0n) is 17.5. The zero-order valence-corrected chi connectivity index (χ0v) is 17.5. The number of rotatable bonds is 8. The van der Waals surface area contributed by atoms with Crippen molar-refractivity contribution in [1.82, 2.24) is 9.78 Å². The summed E-state index contributed by atoms with van der Waals surface area (Å²) in [6.07, 6.45) is 0. The van der Waals surface area contributed by atoms with Crippen molar-refractivity contribution in [3.8, 4) is 17.0 Å². The molecule has 7 nitrogen and oxygen atoms in total. The van der Waals surface area contributed by atoms with E-state index in [9.17, 15) is 9.59 Å². The van der Waals surface area contributed by atoms with E-state index in [1.54, 1.807) is 13.2 Å². The highest BCUT2D eigenvalue weighted by atomic mass is 16.5. The molecule has 0 saturated heterocycles. The fourth-order valence-corrected chi connectivity index (χ4v) is 3.16. The number of methoxy groups -OCH3 is 1. The lowest BCUT2D eigenvalue weighted by molar-refractivity contribution is -0.117. The molecule has 1 aromatic heterocycles. The van der Waals surface area contributed by atoms with E-state index in [2.05, 4.69) is 29.2 Å².